The van der Waals surface area contributed by atoms with Crippen molar-refractivity contribution in [1.29, 1.82) is 0 Å². The van der Waals surface area contributed by atoms with Gasteiger partial charge in [-0.05, 0) is 141 Å². The second-order valence-corrected chi connectivity index (χ2v) is 29.9. The van der Waals surface area contributed by atoms with Crippen molar-refractivity contribution in [1.82, 2.24) is 60.5 Å². The molecule has 0 aliphatic carbocycles. The number of carbonyl (C=O) groups excluding carboxylic acids is 12. The van der Waals surface area contributed by atoms with Crippen molar-refractivity contribution >= 4 is 93.5 Å². The summed E-state index contributed by atoms with van der Waals surface area (Å²) in [6.07, 6.45) is 2.90. The van der Waals surface area contributed by atoms with Gasteiger partial charge < -0.3 is 60.5 Å². The molecule has 4 N–H and O–H groups in total. The van der Waals surface area contributed by atoms with Crippen LogP contribution < -0.4 is 21.3 Å². The summed E-state index contributed by atoms with van der Waals surface area (Å²) in [7, 11) is 8.58. The van der Waals surface area contributed by atoms with Gasteiger partial charge in [0.25, 0.3) is 0 Å². The van der Waals surface area contributed by atoms with Crippen LogP contribution in [-0.2, 0) is 76.8 Å². The molecule has 0 aromatic heterocycles. The molecule has 3 heterocycles. The van der Waals surface area contributed by atoms with E-state index >= 15 is 19.2 Å². The molecule has 3 aliphatic heterocycles. The number of hydrogen-bond acceptors (Lipinski definition) is 12. The average Bonchev–Trinajstić information content (AvgIpc) is 0.799. The van der Waals surface area contributed by atoms with E-state index in [2.05, 4.69) is 43.9 Å². The minimum atomic E-state index is -1.73. The average molecular weight is 1480 g/mol. The number of likely N-dealkylation sites (tertiary alicyclic amines) is 1. The highest BCUT2D eigenvalue weighted by atomic mass is 127. The van der Waals surface area contributed by atoms with E-state index in [1.807, 2.05) is 108 Å². The zero-order valence-electron chi connectivity index (χ0n) is 60.7. The molecule has 0 bridgehead atoms. The zero-order valence-corrected chi connectivity index (χ0v) is 62.9. The monoisotopic (exact) mass is 1480 g/mol. The number of nitrogens with one attached hydrogen (secondary N) is 4. The Morgan fingerprint density at radius 2 is 1.20 bits per heavy atom. The van der Waals surface area contributed by atoms with Crippen LogP contribution in [0.25, 0.3) is 0 Å². The normalized spacial score (nSPS) is 24.5. The number of benzene rings is 3. The molecule has 12 amide bonds. The van der Waals surface area contributed by atoms with Gasteiger partial charge in [-0.2, -0.15) is 0 Å². The van der Waals surface area contributed by atoms with Crippen molar-refractivity contribution in [2.24, 2.45) is 17.8 Å². The van der Waals surface area contributed by atoms with Crippen LogP contribution in [0.3, 0.4) is 0 Å². The summed E-state index contributed by atoms with van der Waals surface area (Å²) in [5.41, 5.74) is 1.45. The van der Waals surface area contributed by atoms with Crippen molar-refractivity contribution < 1.29 is 57.5 Å². The van der Waals surface area contributed by atoms with Crippen LogP contribution in [0.4, 0.5) is 0 Å². The molecule has 0 spiro atoms. The first-order valence-corrected chi connectivity index (χ1v) is 35.9. The lowest BCUT2D eigenvalue weighted by Crippen LogP contribution is -2.64. The fraction of sp³-hybridized carbons (Fsp3) is 0.595. The van der Waals surface area contributed by atoms with Crippen LogP contribution in [0.15, 0.2) is 78.9 Å². The van der Waals surface area contributed by atoms with Crippen LogP contribution >= 0.6 is 22.6 Å². The molecular weight excluding hydrogens is 1380 g/mol. The van der Waals surface area contributed by atoms with E-state index in [4.69, 9.17) is 0 Å². The van der Waals surface area contributed by atoms with E-state index in [1.54, 1.807) is 24.0 Å². The number of fused-ring (bicyclic) bond motifs is 1. The number of nitrogens with zero attached hydrogens (tertiary/aromatic N) is 8. The second-order valence-electron chi connectivity index (χ2n) is 28.7. The molecule has 0 radical (unpaired) electrons. The zero-order chi connectivity index (χ0) is 73.3. The summed E-state index contributed by atoms with van der Waals surface area (Å²) in [6, 6.07) is 14.1. The van der Waals surface area contributed by atoms with Crippen LogP contribution in [0, 0.1) is 28.2 Å². The van der Waals surface area contributed by atoms with Crippen molar-refractivity contribution in [3.8, 4) is 0 Å². The number of hydrogen-bond donors (Lipinski definition) is 4. The second kappa shape index (κ2) is 36.4. The van der Waals surface area contributed by atoms with Crippen molar-refractivity contribution in [3.63, 3.8) is 0 Å². The first kappa shape index (κ1) is 80.0. The lowest BCUT2D eigenvalue weighted by atomic mass is 9.95. The molecular formula is C74H107IN12O12. The Balaban J connectivity index is 1.44. The molecule has 3 fully saturated rings. The first-order chi connectivity index (χ1) is 46.6. The van der Waals surface area contributed by atoms with Gasteiger partial charge in [-0.3, -0.25) is 57.5 Å². The van der Waals surface area contributed by atoms with Crippen LogP contribution in [0.2, 0.25) is 0 Å². The quantitative estimate of drug-likeness (QED) is 0.159. The maximum absolute atomic E-state index is 15.3. The maximum Gasteiger partial charge on any atom is 0.246 e. The Hall–Kier alpha value is -7.97. The van der Waals surface area contributed by atoms with E-state index in [-0.39, 0.29) is 56.9 Å². The molecule has 3 aromatic carbocycles. The standard InChI is InChI=1S/C74H107IN12O12/c1-16-49(7)64-72(98)81(11)45-63(90)87-37-34-57(87)70(96)84(14)59(42-51-30-28-48(6)29-31-51)69(95)80(10)44-61(88)76-55(41-52-26-23-27-53(75)40-52)65(91)77-54(33-32-50-24-19-17-20-25-50)68(94)85(15)74(8,9)73(99)78-56(38-46(2)3)67(93)83(13)60(71(97)86-35-21-18-22-36-86)43-62(89)82(12)58(39-47(4)5)66(92)79-64/h17,19-20,23-31,40,46-47,49,54-60,64H,16,18,21-22,32-39,41-45H2,1-15H3,(H,76,88)(H,77,91)(H,78,99)(H,79,92)/t49-,54-,55-,56-,57?,58-,59-,60-,64-/m0/s1. The molecule has 3 aliphatic rings. The van der Waals surface area contributed by atoms with Gasteiger partial charge in [0.1, 0.15) is 53.9 Å². The van der Waals surface area contributed by atoms with Crippen molar-refractivity contribution in [3.05, 3.63) is 105 Å². The topological polar surface area (TPSA) is 279 Å². The predicted molar refractivity (Wildman–Crippen MR) is 386 cm³/mol. The van der Waals surface area contributed by atoms with E-state index < -0.39 is 150 Å². The van der Waals surface area contributed by atoms with Crippen molar-refractivity contribution in [2.75, 3.05) is 75.0 Å². The predicted octanol–water partition coefficient (Wildman–Crippen LogP) is 4.75. The highest BCUT2D eigenvalue weighted by Gasteiger charge is 2.46. The minimum Gasteiger partial charge on any atom is -0.342 e. The third-order valence-corrected chi connectivity index (χ3v) is 20.4. The lowest BCUT2D eigenvalue weighted by molar-refractivity contribution is -0.157. The number of piperidine rings is 1. The summed E-state index contributed by atoms with van der Waals surface area (Å²) in [5, 5.41) is 11.6. The van der Waals surface area contributed by atoms with Gasteiger partial charge in [-0.25, -0.2) is 0 Å². The Morgan fingerprint density at radius 1 is 0.576 bits per heavy atom. The fourth-order valence-corrected chi connectivity index (χ4v) is 13.4. The summed E-state index contributed by atoms with van der Waals surface area (Å²) in [5.74, 6) is -8.58. The summed E-state index contributed by atoms with van der Waals surface area (Å²) < 4.78 is 0.847. The van der Waals surface area contributed by atoms with Gasteiger partial charge in [-0.15, -0.1) is 0 Å². The fourth-order valence-electron chi connectivity index (χ4n) is 12.8. The molecule has 6 rings (SSSR count). The van der Waals surface area contributed by atoms with Crippen molar-refractivity contribution in [2.45, 2.75) is 193 Å². The lowest BCUT2D eigenvalue weighted by Gasteiger charge is -2.43. The van der Waals surface area contributed by atoms with E-state index in [0.29, 0.717) is 49.9 Å². The molecule has 99 heavy (non-hydrogen) atoms. The minimum absolute atomic E-state index is 0.0197. The molecule has 0 saturated carbocycles. The first-order valence-electron chi connectivity index (χ1n) is 34.8. The van der Waals surface area contributed by atoms with Gasteiger partial charge in [0, 0.05) is 78.3 Å². The van der Waals surface area contributed by atoms with Crippen LogP contribution in [0.5, 0.6) is 0 Å². The van der Waals surface area contributed by atoms with Gasteiger partial charge in [-0.1, -0.05) is 120 Å². The van der Waals surface area contributed by atoms with E-state index in [0.717, 1.165) is 21.1 Å². The molecule has 542 valence electrons. The van der Waals surface area contributed by atoms with Gasteiger partial charge in [0.05, 0.1) is 19.5 Å². The molecule has 1 unspecified atom stereocenters. The third-order valence-electron chi connectivity index (χ3n) is 19.7. The summed E-state index contributed by atoms with van der Waals surface area (Å²) in [6.45, 7) is 15.9. The molecule has 25 heteroatoms. The third kappa shape index (κ3) is 21.5. The van der Waals surface area contributed by atoms with Crippen LogP contribution in [-0.4, -0.2) is 239 Å². The Bertz CT molecular complexity index is 3360. The Kier molecular flexibility index (Phi) is 29.4. The van der Waals surface area contributed by atoms with E-state index in [1.165, 1.54) is 90.4 Å². The summed E-state index contributed by atoms with van der Waals surface area (Å²) >= 11 is 2.14. The molecule has 24 nitrogen and oxygen atoms in total. The smallest absolute Gasteiger partial charge is 0.246 e. The van der Waals surface area contributed by atoms with E-state index in [9.17, 15) is 38.4 Å². The highest BCUT2D eigenvalue weighted by molar-refractivity contribution is 14.1. The SMILES string of the molecule is CC[C@H](C)[C@@H]1NC(=O)[C@H](CC(C)C)N(C)C(=O)C[C@@H](C(=O)N2CCCCC2)N(C)C(=O)[C@H](CC(C)C)NC(=O)C(C)(C)N(C)C(=O)[C@H](CCc2ccccc2)NC(=O)[C@H](Cc2cccc(I)c2)NC(=O)CN(C)C(=O)[C@H](Cc2ccc(C)cc2)N(C)C(=O)C2CCN2C(=O)CN(C)C1=O. The Morgan fingerprint density at radius 3 is 1.80 bits per heavy atom. The molecule has 9 atom stereocenters. The van der Waals surface area contributed by atoms with Gasteiger partial charge in [0.2, 0.25) is 70.9 Å². The number of halogens is 1. The summed E-state index contributed by atoms with van der Waals surface area (Å²) in [4.78, 5) is 189. The number of amides is 12. The van der Waals surface area contributed by atoms with Gasteiger partial charge >= 0.3 is 0 Å². The highest BCUT2D eigenvalue weighted by Crippen LogP contribution is 2.26. The maximum atomic E-state index is 15.3. The number of rotatable bonds is 14. The number of likely N-dealkylation sites (N-methyl/N-ethyl adjacent to an activating group) is 6. The van der Waals surface area contributed by atoms with Gasteiger partial charge in [0.15, 0.2) is 0 Å². The largest absolute Gasteiger partial charge is 0.342 e. The molecule has 3 saturated heterocycles. The Labute approximate surface area is 598 Å². The van der Waals surface area contributed by atoms with Crippen LogP contribution in [0.1, 0.15) is 135 Å². The number of carbonyl (C=O) groups is 12. The molecule has 3 aromatic rings. The number of aryl methyl sites for hydroxylation is 2.